The number of carbonyl (C=O) groups excluding carboxylic acids is 1. The monoisotopic (exact) mass is 340 g/mol. The van der Waals surface area contributed by atoms with E-state index >= 15 is 0 Å². The Kier molecular flexibility index (Phi) is 5.33. The first-order valence-corrected chi connectivity index (χ1v) is 8.75. The normalized spacial score (nSPS) is 10.5. The summed E-state index contributed by atoms with van der Waals surface area (Å²) in [6.45, 7) is 3.21. The quantitative estimate of drug-likeness (QED) is 0.692. The summed E-state index contributed by atoms with van der Waals surface area (Å²) < 4.78 is 5.12. The number of rotatable bonds is 6. The summed E-state index contributed by atoms with van der Waals surface area (Å²) in [6, 6.07) is 13.7. The number of hydrogen-bond acceptors (Lipinski definition) is 3. The molecule has 3 rings (SSSR count). The first-order valence-electron chi connectivity index (χ1n) is 7.87. The zero-order valence-electron chi connectivity index (χ0n) is 13.6. The second-order valence-corrected chi connectivity index (χ2v) is 6.71. The van der Waals surface area contributed by atoms with Gasteiger partial charge in [-0.3, -0.25) is 0 Å². The number of hydrogen-bond donors (Lipinski definition) is 1. The summed E-state index contributed by atoms with van der Waals surface area (Å²) in [6.07, 6.45) is 4.15. The Hall–Kier alpha value is -2.53. The van der Waals surface area contributed by atoms with E-state index in [0.29, 0.717) is 13.1 Å². The number of aryl methyl sites for hydroxylation is 1. The molecule has 0 aliphatic rings. The van der Waals surface area contributed by atoms with Crippen LogP contribution in [-0.2, 0) is 13.0 Å². The Morgan fingerprint density at radius 2 is 2.04 bits per heavy atom. The Labute approximate surface area is 145 Å². The molecule has 0 unspecified atom stereocenters. The number of carbonyl (C=O) groups is 1. The maximum absolute atomic E-state index is 12.7. The lowest BCUT2D eigenvalue weighted by Gasteiger charge is -2.22. The zero-order chi connectivity index (χ0) is 16.8. The average Bonchev–Trinajstić information content (AvgIpc) is 3.27. The van der Waals surface area contributed by atoms with Crippen LogP contribution < -0.4 is 5.32 Å². The smallest absolute Gasteiger partial charge is 0.322 e. The lowest BCUT2D eigenvalue weighted by Crippen LogP contribution is -2.35. The average molecular weight is 340 g/mol. The van der Waals surface area contributed by atoms with Gasteiger partial charge in [0.15, 0.2) is 0 Å². The SMILES string of the molecule is Cc1ccc(NC(=O)N(CCc2cccs2)Cc2ccoc2)cc1. The highest BCUT2D eigenvalue weighted by Gasteiger charge is 2.15. The second-order valence-electron chi connectivity index (χ2n) is 5.68. The fourth-order valence-corrected chi connectivity index (χ4v) is 3.09. The number of amides is 2. The van der Waals surface area contributed by atoms with Crippen LogP contribution in [0.1, 0.15) is 16.0 Å². The van der Waals surface area contributed by atoms with Crippen LogP contribution in [-0.4, -0.2) is 17.5 Å². The number of nitrogens with one attached hydrogen (secondary N) is 1. The Morgan fingerprint density at radius 1 is 1.21 bits per heavy atom. The van der Waals surface area contributed by atoms with Gasteiger partial charge in [0.1, 0.15) is 0 Å². The van der Waals surface area contributed by atoms with Crippen LogP contribution >= 0.6 is 11.3 Å². The highest BCUT2D eigenvalue weighted by molar-refractivity contribution is 7.09. The molecule has 2 aromatic heterocycles. The minimum Gasteiger partial charge on any atom is -0.472 e. The van der Waals surface area contributed by atoms with Gasteiger partial charge in [-0.1, -0.05) is 23.8 Å². The molecule has 3 aromatic rings. The molecule has 124 valence electrons. The van der Waals surface area contributed by atoms with Crippen molar-refractivity contribution in [3.63, 3.8) is 0 Å². The molecule has 1 N–H and O–H groups in total. The maximum atomic E-state index is 12.7. The molecule has 0 fully saturated rings. The summed E-state index contributed by atoms with van der Waals surface area (Å²) in [5.41, 5.74) is 2.96. The van der Waals surface area contributed by atoms with Crippen LogP contribution in [0.15, 0.2) is 64.8 Å². The zero-order valence-corrected chi connectivity index (χ0v) is 14.4. The van der Waals surface area contributed by atoms with Gasteiger partial charge in [0, 0.05) is 22.7 Å². The summed E-state index contributed by atoms with van der Waals surface area (Å²) in [4.78, 5) is 15.8. The van der Waals surface area contributed by atoms with E-state index in [1.807, 2.05) is 48.2 Å². The molecule has 4 nitrogen and oxygen atoms in total. The van der Waals surface area contributed by atoms with E-state index in [2.05, 4.69) is 16.8 Å². The van der Waals surface area contributed by atoms with Crippen molar-refractivity contribution in [2.24, 2.45) is 0 Å². The first kappa shape index (κ1) is 16.3. The van der Waals surface area contributed by atoms with E-state index in [1.165, 1.54) is 10.4 Å². The Bertz CT molecular complexity index is 749. The maximum Gasteiger partial charge on any atom is 0.322 e. The summed E-state index contributed by atoms with van der Waals surface area (Å²) in [5, 5.41) is 5.03. The van der Waals surface area contributed by atoms with Gasteiger partial charge in [-0.25, -0.2) is 4.79 Å². The van der Waals surface area contributed by atoms with Gasteiger partial charge in [0.2, 0.25) is 0 Å². The van der Waals surface area contributed by atoms with Crippen molar-refractivity contribution < 1.29 is 9.21 Å². The topological polar surface area (TPSA) is 45.5 Å². The minimum atomic E-state index is -0.100. The van der Waals surface area contributed by atoms with Gasteiger partial charge >= 0.3 is 6.03 Å². The molecule has 24 heavy (non-hydrogen) atoms. The summed E-state index contributed by atoms with van der Waals surface area (Å²) in [5.74, 6) is 0. The number of furan rings is 1. The predicted octanol–water partition coefficient (Wildman–Crippen LogP) is 4.93. The molecular formula is C19H20N2O2S. The van der Waals surface area contributed by atoms with E-state index in [1.54, 1.807) is 23.9 Å². The van der Waals surface area contributed by atoms with Crippen molar-refractivity contribution in [3.05, 3.63) is 76.4 Å². The molecule has 2 heterocycles. The molecule has 5 heteroatoms. The van der Waals surface area contributed by atoms with E-state index < -0.39 is 0 Å². The molecule has 1 aromatic carbocycles. The van der Waals surface area contributed by atoms with Gasteiger partial charge < -0.3 is 14.6 Å². The number of nitrogens with zero attached hydrogens (tertiary/aromatic N) is 1. The Balaban J connectivity index is 1.67. The fraction of sp³-hybridized carbons (Fsp3) is 0.211. The third-order valence-electron chi connectivity index (χ3n) is 3.75. The van der Waals surface area contributed by atoms with Crippen LogP contribution in [0, 0.1) is 6.92 Å². The van der Waals surface area contributed by atoms with Crippen molar-refractivity contribution in [1.82, 2.24) is 4.90 Å². The molecule has 0 saturated heterocycles. The van der Waals surface area contributed by atoms with E-state index in [4.69, 9.17) is 4.42 Å². The third-order valence-corrected chi connectivity index (χ3v) is 4.69. The van der Waals surface area contributed by atoms with Crippen molar-refractivity contribution >= 4 is 23.1 Å². The number of benzene rings is 1. The van der Waals surface area contributed by atoms with E-state index in [-0.39, 0.29) is 6.03 Å². The van der Waals surface area contributed by atoms with Crippen LogP contribution in [0.2, 0.25) is 0 Å². The fourth-order valence-electron chi connectivity index (χ4n) is 2.39. The highest BCUT2D eigenvalue weighted by atomic mass is 32.1. The molecule has 0 spiro atoms. The molecule has 0 radical (unpaired) electrons. The first-order chi connectivity index (χ1) is 11.7. The molecule has 2 amide bonds. The molecule has 0 atom stereocenters. The van der Waals surface area contributed by atoms with Crippen LogP contribution in [0.25, 0.3) is 0 Å². The highest BCUT2D eigenvalue weighted by Crippen LogP contribution is 2.14. The van der Waals surface area contributed by atoms with Gasteiger partial charge in [-0.05, 0) is 43.0 Å². The summed E-state index contributed by atoms with van der Waals surface area (Å²) in [7, 11) is 0. The number of urea groups is 1. The molecule has 0 aliphatic carbocycles. The van der Waals surface area contributed by atoms with Crippen LogP contribution in [0.4, 0.5) is 10.5 Å². The van der Waals surface area contributed by atoms with Gasteiger partial charge in [-0.2, -0.15) is 0 Å². The number of thiophene rings is 1. The van der Waals surface area contributed by atoms with Gasteiger partial charge in [0.25, 0.3) is 0 Å². The van der Waals surface area contributed by atoms with E-state index in [0.717, 1.165) is 17.7 Å². The third kappa shape index (κ3) is 4.49. The minimum absolute atomic E-state index is 0.100. The lowest BCUT2D eigenvalue weighted by atomic mass is 10.2. The standard InChI is InChI=1S/C19H20N2O2S/c1-15-4-6-17(7-5-15)20-19(22)21(13-16-9-11-23-14-16)10-8-18-3-2-12-24-18/h2-7,9,11-12,14H,8,10,13H2,1H3,(H,20,22). The van der Waals surface area contributed by atoms with Crippen molar-refractivity contribution in [1.29, 1.82) is 0 Å². The van der Waals surface area contributed by atoms with Crippen molar-refractivity contribution in [3.8, 4) is 0 Å². The molecule has 0 saturated carbocycles. The number of anilines is 1. The Morgan fingerprint density at radius 3 is 2.71 bits per heavy atom. The van der Waals surface area contributed by atoms with Crippen molar-refractivity contribution in [2.45, 2.75) is 19.9 Å². The van der Waals surface area contributed by atoms with E-state index in [9.17, 15) is 4.79 Å². The lowest BCUT2D eigenvalue weighted by molar-refractivity contribution is 0.210. The predicted molar refractivity (Wildman–Crippen MR) is 97.3 cm³/mol. The van der Waals surface area contributed by atoms with Gasteiger partial charge in [0.05, 0.1) is 19.1 Å². The molecular weight excluding hydrogens is 320 g/mol. The molecule has 0 aliphatic heterocycles. The van der Waals surface area contributed by atoms with Crippen LogP contribution in [0.5, 0.6) is 0 Å². The largest absolute Gasteiger partial charge is 0.472 e. The van der Waals surface area contributed by atoms with Crippen molar-refractivity contribution in [2.75, 3.05) is 11.9 Å². The van der Waals surface area contributed by atoms with Gasteiger partial charge in [-0.15, -0.1) is 11.3 Å². The summed E-state index contributed by atoms with van der Waals surface area (Å²) >= 11 is 1.71. The van der Waals surface area contributed by atoms with Crippen LogP contribution in [0.3, 0.4) is 0 Å². The second kappa shape index (κ2) is 7.84. The molecule has 0 bridgehead atoms.